The van der Waals surface area contributed by atoms with Gasteiger partial charge in [-0.1, -0.05) is 0 Å². The molecule has 1 amide bonds. The Morgan fingerprint density at radius 1 is 1.03 bits per heavy atom. The number of hydrogen-bond acceptors (Lipinski definition) is 9. The first kappa shape index (κ1) is 22.0. The minimum atomic E-state index is -0.737. The van der Waals surface area contributed by atoms with Crippen molar-refractivity contribution in [1.82, 2.24) is 5.43 Å². The maximum atomic E-state index is 12.4. The SMILES string of the molecule is COc1ccc(-c2ccc(/C=N\NC(=O)c3cc([N+](=O)[O-])ccc3OC)o2)c([N+](=O)[O-])c1. The van der Waals surface area contributed by atoms with Crippen LogP contribution >= 0.6 is 0 Å². The molecule has 0 fully saturated rings. The molecule has 0 radical (unpaired) electrons. The minimum Gasteiger partial charge on any atom is -0.497 e. The van der Waals surface area contributed by atoms with Gasteiger partial charge in [-0.2, -0.15) is 5.10 Å². The molecule has 0 aliphatic rings. The molecule has 0 saturated carbocycles. The van der Waals surface area contributed by atoms with E-state index in [1.165, 1.54) is 56.8 Å². The summed E-state index contributed by atoms with van der Waals surface area (Å²) in [5, 5.41) is 26.1. The summed E-state index contributed by atoms with van der Waals surface area (Å²) in [6.07, 6.45) is 1.18. The van der Waals surface area contributed by atoms with Gasteiger partial charge in [0.15, 0.2) is 0 Å². The van der Waals surface area contributed by atoms with Crippen molar-refractivity contribution in [3.05, 3.63) is 80.1 Å². The second-order valence-electron chi connectivity index (χ2n) is 6.18. The number of rotatable bonds is 8. The van der Waals surface area contributed by atoms with Crippen molar-refractivity contribution in [3.63, 3.8) is 0 Å². The number of amides is 1. The third-order valence-corrected chi connectivity index (χ3v) is 4.29. The second kappa shape index (κ2) is 9.38. The number of methoxy groups -OCH3 is 2. The van der Waals surface area contributed by atoms with Gasteiger partial charge < -0.3 is 13.9 Å². The Balaban J connectivity index is 1.78. The molecule has 2 aromatic carbocycles. The molecule has 0 aliphatic carbocycles. The van der Waals surface area contributed by atoms with Crippen LogP contribution in [-0.4, -0.2) is 36.2 Å². The molecule has 164 valence electrons. The van der Waals surface area contributed by atoms with Crippen LogP contribution in [0.2, 0.25) is 0 Å². The van der Waals surface area contributed by atoms with E-state index in [0.29, 0.717) is 5.75 Å². The van der Waals surface area contributed by atoms with Crippen LogP contribution in [0.4, 0.5) is 11.4 Å². The number of carbonyl (C=O) groups excluding carboxylic acids is 1. The van der Waals surface area contributed by atoms with Crippen LogP contribution in [-0.2, 0) is 0 Å². The average molecular weight is 440 g/mol. The van der Waals surface area contributed by atoms with Gasteiger partial charge in [0.25, 0.3) is 17.3 Å². The number of hydrogen-bond donors (Lipinski definition) is 1. The van der Waals surface area contributed by atoms with E-state index < -0.39 is 15.8 Å². The normalized spacial score (nSPS) is 10.7. The highest BCUT2D eigenvalue weighted by atomic mass is 16.6. The minimum absolute atomic E-state index is 0.0761. The number of hydrazone groups is 1. The highest BCUT2D eigenvalue weighted by molar-refractivity contribution is 5.98. The molecule has 0 bridgehead atoms. The number of nitro groups is 2. The third kappa shape index (κ3) is 4.70. The van der Waals surface area contributed by atoms with Gasteiger partial charge in [-0.25, -0.2) is 5.43 Å². The molecular weight excluding hydrogens is 424 g/mol. The Labute approximate surface area is 180 Å². The lowest BCUT2D eigenvalue weighted by Gasteiger charge is -2.06. The van der Waals surface area contributed by atoms with Crippen LogP contribution in [0.1, 0.15) is 16.1 Å². The number of furan rings is 1. The first-order valence-corrected chi connectivity index (χ1v) is 8.92. The standard InChI is InChI=1S/C20H16N4O8/c1-30-13-4-6-15(17(10-13)24(28)29)19-8-5-14(32-19)11-21-22-20(25)16-9-12(23(26)27)3-7-18(16)31-2/h3-11H,1-2H3,(H,22,25)/b21-11-. The van der Waals surface area contributed by atoms with Gasteiger partial charge in [-0.05, 0) is 30.3 Å². The van der Waals surface area contributed by atoms with Crippen molar-refractivity contribution < 1.29 is 28.5 Å². The molecule has 0 unspecified atom stereocenters. The number of non-ortho nitro benzene ring substituents is 1. The Morgan fingerprint density at radius 2 is 1.81 bits per heavy atom. The fourth-order valence-electron chi connectivity index (χ4n) is 2.77. The van der Waals surface area contributed by atoms with Crippen molar-refractivity contribution in [2.24, 2.45) is 5.10 Å². The summed E-state index contributed by atoms with van der Waals surface area (Å²) < 4.78 is 15.6. The molecule has 3 rings (SSSR count). The Morgan fingerprint density at radius 3 is 2.47 bits per heavy atom. The number of benzene rings is 2. The van der Waals surface area contributed by atoms with E-state index in [-0.39, 0.29) is 39.8 Å². The van der Waals surface area contributed by atoms with Gasteiger partial charge in [0.1, 0.15) is 23.0 Å². The lowest BCUT2D eigenvalue weighted by atomic mass is 10.1. The maximum absolute atomic E-state index is 12.4. The topological polar surface area (TPSA) is 159 Å². The molecule has 12 nitrogen and oxygen atoms in total. The maximum Gasteiger partial charge on any atom is 0.284 e. The quantitative estimate of drug-likeness (QED) is 0.316. The first-order valence-electron chi connectivity index (χ1n) is 8.92. The van der Waals surface area contributed by atoms with Crippen molar-refractivity contribution >= 4 is 23.5 Å². The van der Waals surface area contributed by atoms with Crippen molar-refractivity contribution in [1.29, 1.82) is 0 Å². The number of nitrogens with zero attached hydrogens (tertiary/aromatic N) is 3. The molecule has 1 N–H and O–H groups in total. The molecule has 1 aromatic heterocycles. The van der Waals surface area contributed by atoms with Crippen molar-refractivity contribution in [2.75, 3.05) is 14.2 Å². The fourth-order valence-corrected chi connectivity index (χ4v) is 2.77. The molecule has 0 spiro atoms. The molecule has 12 heteroatoms. The van der Waals surface area contributed by atoms with Gasteiger partial charge in [-0.3, -0.25) is 25.0 Å². The van der Waals surface area contributed by atoms with Crippen LogP contribution < -0.4 is 14.9 Å². The smallest absolute Gasteiger partial charge is 0.284 e. The summed E-state index contributed by atoms with van der Waals surface area (Å²) in [5.74, 6) is 0.145. The first-order chi connectivity index (χ1) is 15.3. The Hall–Kier alpha value is -4.74. The van der Waals surface area contributed by atoms with Crippen LogP contribution in [0.15, 0.2) is 58.0 Å². The van der Waals surface area contributed by atoms with Crippen LogP contribution in [0.25, 0.3) is 11.3 Å². The van der Waals surface area contributed by atoms with Gasteiger partial charge >= 0.3 is 0 Å². The van der Waals surface area contributed by atoms with E-state index in [2.05, 4.69) is 10.5 Å². The monoisotopic (exact) mass is 440 g/mol. The van der Waals surface area contributed by atoms with E-state index in [0.717, 1.165) is 6.07 Å². The predicted octanol–water partition coefficient (Wildman–Crippen LogP) is 3.54. The molecular formula is C20H16N4O8. The Bertz CT molecular complexity index is 1220. The third-order valence-electron chi connectivity index (χ3n) is 4.29. The molecule has 3 aromatic rings. The lowest BCUT2D eigenvalue weighted by molar-refractivity contribution is -0.384. The number of nitrogens with one attached hydrogen (secondary N) is 1. The summed E-state index contributed by atoms with van der Waals surface area (Å²) in [4.78, 5) is 33.4. The van der Waals surface area contributed by atoms with E-state index in [1.54, 1.807) is 6.07 Å². The zero-order valence-electron chi connectivity index (χ0n) is 16.8. The predicted molar refractivity (Wildman–Crippen MR) is 112 cm³/mol. The van der Waals surface area contributed by atoms with Crippen molar-refractivity contribution in [2.45, 2.75) is 0 Å². The summed E-state index contributed by atoms with van der Waals surface area (Å²) in [6, 6.07) is 10.9. The number of nitro benzene ring substituents is 2. The molecule has 32 heavy (non-hydrogen) atoms. The van der Waals surface area contributed by atoms with Crippen molar-refractivity contribution in [3.8, 4) is 22.8 Å². The van der Waals surface area contributed by atoms with E-state index in [9.17, 15) is 25.0 Å². The zero-order valence-corrected chi connectivity index (χ0v) is 16.8. The lowest BCUT2D eigenvalue weighted by Crippen LogP contribution is -2.18. The van der Waals surface area contributed by atoms with Gasteiger partial charge in [0.2, 0.25) is 0 Å². The summed E-state index contributed by atoms with van der Waals surface area (Å²) >= 11 is 0. The number of ether oxygens (including phenoxy) is 2. The molecule has 1 heterocycles. The highest BCUT2D eigenvalue weighted by Crippen LogP contribution is 2.34. The molecule has 0 aliphatic heterocycles. The van der Waals surface area contributed by atoms with Gasteiger partial charge in [-0.15, -0.1) is 0 Å². The van der Waals surface area contributed by atoms with E-state index in [1.807, 2.05) is 0 Å². The molecule has 0 atom stereocenters. The summed E-state index contributed by atoms with van der Waals surface area (Å²) in [6.45, 7) is 0. The fraction of sp³-hybridized carbons (Fsp3) is 0.100. The highest BCUT2D eigenvalue weighted by Gasteiger charge is 2.20. The second-order valence-corrected chi connectivity index (χ2v) is 6.18. The van der Waals surface area contributed by atoms with E-state index in [4.69, 9.17) is 13.9 Å². The molecule has 0 saturated heterocycles. The summed E-state index contributed by atoms with van der Waals surface area (Å²) in [5.41, 5.74) is 1.90. The Kier molecular flexibility index (Phi) is 6.44. The largest absolute Gasteiger partial charge is 0.497 e. The zero-order chi connectivity index (χ0) is 23.3. The van der Waals surface area contributed by atoms with Crippen LogP contribution in [0, 0.1) is 20.2 Å². The average Bonchev–Trinajstić information content (AvgIpc) is 3.26. The van der Waals surface area contributed by atoms with Gasteiger partial charge in [0, 0.05) is 12.1 Å². The van der Waals surface area contributed by atoms with E-state index >= 15 is 0 Å². The van der Waals surface area contributed by atoms with Gasteiger partial charge in [0.05, 0.1) is 47.5 Å². The summed E-state index contributed by atoms with van der Waals surface area (Å²) in [7, 11) is 2.72. The van der Waals surface area contributed by atoms with Crippen LogP contribution in [0.3, 0.4) is 0 Å². The van der Waals surface area contributed by atoms with Crippen LogP contribution in [0.5, 0.6) is 11.5 Å². The number of carbonyl (C=O) groups is 1.